The van der Waals surface area contributed by atoms with E-state index in [4.69, 9.17) is 13.9 Å². The number of phenols is 2. The summed E-state index contributed by atoms with van der Waals surface area (Å²) in [5.74, 6) is -3.33. The summed E-state index contributed by atoms with van der Waals surface area (Å²) in [6.45, 7) is 0. The summed E-state index contributed by atoms with van der Waals surface area (Å²) >= 11 is 0. The first-order valence-corrected chi connectivity index (χ1v) is 10.3. The van der Waals surface area contributed by atoms with E-state index < -0.39 is 72.2 Å². The minimum absolute atomic E-state index is 0.131. The molecule has 3 aromatic rings. The molecule has 5 atom stereocenters. The van der Waals surface area contributed by atoms with Crippen LogP contribution in [0.1, 0.15) is 12.8 Å². The molecule has 180 valence electrons. The van der Waals surface area contributed by atoms with Crippen molar-refractivity contribution >= 4 is 16.9 Å². The lowest BCUT2D eigenvalue weighted by atomic mass is 9.98. The minimum atomic E-state index is -1.66. The highest BCUT2D eigenvalue weighted by atomic mass is 16.7. The van der Waals surface area contributed by atoms with Crippen LogP contribution in [0.2, 0.25) is 0 Å². The Morgan fingerprint density at radius 2 is 1.65 bits per heavy atom. The van der Waals surface area contributed by atoms with Crippen LogP contribution in [0, 0.1) is 0 Å². The number of phenolic OH excluding ortho intramolecular Hbond substituents is 2. The number of ether oxygens (including phenoxy) is 2. The van der Waals surface area contributed by atoms with Crippen molar-refractivity contribution in [3.8, 4) is 28.6 Å². The summed E-state index contributed by atoms with van der Waals surface area (Å²) in [5, 5.41) is 59.9. The molecule has 2 heterocycles. The Balaban J connectivity index is 1.73. The summed E-state index contributed by atoms with van der Waals surface area (Å²) in [4.78, 5) is 24.1. The fraction of sp³-hybridized carbons (Fsp3) is 0.304. The lowest BCUT2D eigenvalue weighted by Crippen LogP contribution is -2.48. The molecule has 0 aliphatic carbocycles. The average Bonchev–Trinajstić information content (AvgIpc) is 2.80. The Labute approximate surface area is 191 Å². The predicted molar refractivity (Wildman–Crippen MR) is 115 cm³/mol. The quantitative estimate of drug-likeness (QED) is 0.295. The molecule has 11 nitrogen and oxygen atoms in total. The zero-order chi connectivity index (χ0) is 24.6. The largest absolute Gasteiger partial charge is 0.504 e. The van der Waals surface area contributed by atoms with Crippen LogP contribution in [-0.4, -0.2) is 67.3 Å². The third kappa shape index (κ3) is 4.54. The molecule has 0 bridgehead atoms. The number of fused-ring (bicyclic) bond motifs is 1. The zero-order valence-electron chi connectivity index (χ0n) is 17.6. The van der Waals surface area contributed by atoms with Crippen molar-refractivity contribution in [3.05, 3.63) is 52.7 Å². The maximum atomic E-state index is 12.6. The molecule has 1 aliphatic rings. The monoisotopic (exact) mass is 474 g/mol. The number of carboxylic acid groups (broad SMARTS) is 1. The number of aliphatic hydroxyl groups excluding tert-OH is 3. The normalized spacial score (nSPS) is 25.4. The Morgan fingerprint density at radius 3 is 2.32 bits per heavy atom. The van der Waals surface area contributed by atoms with Crippen molar-refractivity contribution in [1.29, 1.82) is 0 Å². The van der Waals surface area contributed by atoms with E-state index in [9.17, 15) is 40.2 Å². The van der Waals surface area contributed by atoms with Gasteiger partial charge in [-0.2, -0.15) is 0 Å². The van der Waals surface area contributed by atoms with E-state index in [0.717, 1.165) is 12.1 Å². The first kappa shape index (κ1) is 23.5. The molecule has 1 aliphatic heterocycles. The zero-order valence-corrected chi connectivity index (χ0v) is 17.6. The Morgan fingerprint density at radius 1 is 0.971 bits per heavy atom. The summed E-state index contributed by atoms with van der Waals surface area (Å²) in [6, 6.07) is 11.0. The smallest absolute Gasteiger partial charge is 0.333 e. The molecule has 0 saturated carbocycles. The van der Waals surface area contributed by atoms with Crippen LogP contribution in [-0.2, 0) is 9.53 Å². The van der Waals surface area contributed by atoms with Crippen LogP contribution >= 0.6 is 0 Å². The van der Waals surface area contributed by atoms with Gasteiger partial charge in [0.05, 0.1) is 12.2 Å². The lowest BCUT2D eigenvalue weighted by Gasteiger charge is -2.33. The van der Waals surface area contributed by atoms with E-state index in [2.05, 4.69) is 0 Å². The second-order valence-electron chi connectivity index (χ2n) is 7.89. The maximum Gasteiger partial charge on any atom is 0.333 e. The molecule has 1 aromatic heterocycles. The molecule has 0 amide bonds. The number of carboxylic acids is 1. The van der Waals surface area contributed by atoms with Crippen LogP contribution in [0.5, 0.6) is 17.2 Å². The molecule has 1 saturated heterocycles. The van der Waals surface area contributed by atoms with Crippen LogP contribution in [0.4, 0.5) is 0 Å². The van der Waals surface area contributed by atoms with Crippen LogP contribution < -0.4 is 10.2 Å². The molecule has 0 spiro atoms. The van der Waals surface area contributed by atoms with E-state index in [1.807, 2.05) is 0 Å². The molecule has 5 unspecified atom stereocenters. The molecular weight excluding hydrogens is 452 g/mol. The van der Waals surface area contributed by atoms with Gasteiger partial charge in [-0.25, -0.2) is 4.79 Å². The molecule has 2 aromatic carbocycles. The molecule has 4 rings (SSSR count). The number of aliphatic carboxylic acids is 1. The minimum Gasteiger partial charge on any atom is -0.504 e. The standard InChI is InChI=1S/C23H22O11/c24-11-6-14(10-4-2-1-3-5-10)32-15-9-16(21(28)22(29)19(11)15)33-18-8-13(26)20(27)12(25)7-17(34-18)23(30)31/h1-6,9,12-13,17-18,20,25-29H,7-8H2,(H,30,31). The molecule has 1 fully saturated rings. The fourth-order valence-electron chi connectivity index (χ4n) is 3.73. The molecule has 6 N–H and O–H groups in total. The van der Waals surface area contributed by atoms with Gasteiger partial charge in [0.2, 0.25) is 12.0 Å². The maximum absolute atomic E-state index is 12.6. The van der Waals surface area contributed by atoms with Gasteiger partial charge < -0.3 is 44.5 Å². The van der Waals surface area contributed by atoms with E-state index in [-0.39, 0.29) is 16.7 Å². The first-order chi connectivity index (χ1) is 16.2. The number of hydrogen-bond donors (Lipinski definition) is 6. The van der Waals surface area contributed by atoms with Gasteiger partial charge in [-0.3, -0.25) is 4.79 Å². The van der Waals surface area contributed by atoms with Crippen molar-refractivity contribution in [3.63, 3.8) is 0 Å². The average molecular weight is 474 g/mol. The van der Waals surface area contributed by atoms with Crippen molar-refractivity contribution in [1.82, 2.24) is 0 Å². The first-order valence-electron chi connectivity index (χ1n) is 10.3. The van der Waals surface area contributed by atoms with E-state index in [1.165, 1.54) is 0 Å². The van der Waals surface area contributed by atoms with Crippen molar-refractivity contribution in [2.45, 2.75) is 43.5 Å². The van der Waals surface area contributed by atoms with E-state index >= 15 is 0 Å². The highest BCUT2D eigenvalue weighted by Crippen LogP contribution is 2.42. The number of rotatable bonds is 4. The summed E-state index contributed by atoms with van der Waals surface area (Å²) in [5.41, 5.74) is -0.173. The second-order valence-corrected chi connectivity index (χ2v) is 7.89. The highest BCUT2D eigenvalue weighted by Gasteiger charge is 2.38. The van der Waals surface area contributed by atoms with Crippen LogP contribution in [0.25, 0.3) is 22.3 Å². The fourth-order valence-corrected chi connectivity index (χ4v) is 3.73. The van der Waals surface area contributed by atoms with Crippen molar-refractivity contribution < 1.29 is 49.3 Å². The summed E-state index contributed by atoms with van der Waals surface area (Å²) in [6.07, 6.45) is -8.88. The van der Waals surface area contributed by atoms with E-state index in [1.54, 1.807) is 30.3 Å². The Hall–Kier alpha value is -3.64. The highest BCUT2D eigenvalue weighted by molar-refractivity contribution is 5.89. The number of carbonyl (C=O) groups is 1. The third-order valence-electron chi connectivity index (χ3n) is 5.52. The lowest BCUT2D eigenvalue weighted by molar-refractivity contribution is -0.199. The summed E-state index contributed by atoms with van der Waals surface area (Å²) in [7, 11) is 0. The van der Waals surface area contributed by atoms with Gasteiger partial charge in [-0.1, -0.05) is 30.3 Å². The molecule has 0 radical (unpaired) electrons. The number of aliphatic hydroxyl groups is 3. The van der Waals surface area contributed by atoms with E-state index in [0.29, 0.717) is 5.56 Å². The van der Waals surface area contributed by atoms with Gasteiger partial charge in [0.1, 0.15) is 22.8 Å². The number of hydrogen-bond acceptors (Lipinski definition) is 10. The van der Waals surface area contributed by atoms with Crippen molar-refractivity contribution in [2.75, 3.05) is 0 Å². The van der Waals surface area contributed by atoms with Gasteiger partial charge in [0.25, 0.3) is 0 Å². The molecule has 34 heavy (non-hydrogen) atoms. The van der Waals surface area contributed by atoms with Gasteiger partial charge in [-0.05, 0) is 0 Å². The van der Waals surface area contributed by atoms with Gasteiger partial charge in [-0.15, -0.1) is 0 Å². The summed E-state index contributed by atoms with van der Waals surface area (Å²) < 4.78 is 16.6. The molecule has 11 heteroatoms. The van der Waals surface area contributed by atoms with Crippen molar-refractivity contribution in [2.24, 2.45) is 0 Å². The van der Waals surface area contributed by atoms with Gasteiger partial charge >= 0.3 is 5.97 Å². The Kier molecular flexibility index (Phi) is 6.44. The topological polar surface area (TPSA) is 187 Å². The second kappa shape index (κ2) is 9.31. The Bertz CT molecular complexity index is 1250. The number of benzene rings is 2. The third-order valence-corrected chi connectivity index (χ3v) is 5.52. The SMILES string of the molecule is O=C(O)C1CC(O)C(O)C(O)CC(Oc2cc3oc(-c4ccccc4)cc(=O)c3c(O)c2O)O1. The van der Waals surface area contributed by atoms with Crippen LogP contribution in [0.15, 0.2) is 51.7 Å². The van der Waals surface area contributed by atoms with Crippen LogP contribution in [0.3, 0.4) is 0 Å². The van der Waals surface area contributed by atoms with Gasteiger partial charge in [0, 0.05) is 30.5 Å². The molecular formula is C23H22O11. The van der Waals surface area contributed by atoms with Gasteiger partial charge in [0.15, 0.2) is 23.0 Å². The number of aromatic hydroxyl groups is 2. The predicted octanol–water partition coefficient (Wildman–Crippen LogP) is 0.922.